The topological polar surface area (TPSA) is 72.5 Å². The number of thiophene rings is 1. The molecule has 1 N–H and O–H groups in total. The Balaban J connectivity index is 1.90. The van der Waals surface area contributed by atoms with E-state index in [0.717, 1.165) is 5.56 Å². The fraction of sp³-hybridized carbons (Fsp3) is 0.190. The maximum Gasteiger partial charge on any atom is 0.255 e. The molecule has 2 aromatic carbocycles. The first kappa shape index (κ1) is 20.1. The zero-order valence-electron chi connectivity index (χ0n) is 15.6. The molecule has 5 nitrogen and oxygen atoms in total. The molecule has 0 aliphatic rings. The van der Waals surface area contributed by atoms with Crippen molar-refractivity contribution in [3.8, 4) is 5.75 Å². The number of methoxy groups -OCH3 is 1. The lowest BCUT2D eigenvalue weighted by molar-refractivity contribution is 0.0950. The summed E-state index contributed by atoms with van der Waals surface area (Å²) >= 11 is 1.17. The first-order chi connectivity index (χ1) is 13.4. The summed E-state index contributed by atoms with van der Waals surface area (Å²) < 4.78 is 31.9. The van der Waals surface area contributed by atoms with Gasteiger partial charge in [-0.1, -0.05) is 48.0 Å². The number of para-hydroxylation sites is 1. The lowest BCUT2D eigenvalue weighted by Crippen LogP contribution is -2.32. The van der Waals surface area contributed by atoms with Crippen LogP contribution in [0.15, 0.2) is 70.3 Å². The highest BCUT2D eigenvalue weighted by Crippen LogP contribution is 2.31. The van der Waals surface area contributed by atoms with Crippen LogP contribution in [-0.4, -0.2) is 28.0 Å². The van der Waals surface area contributed by atoms with Crippen molar-refractivity contribution >= 4 is 27.1 Å². The number of carbonyl (C=O) groups excluding carboxylic acids is 1. The number of rotatable bonds is 7. The van der Waals surface area contributed by atoms with E-state index < -0.39 is 15.1 Å². The molecule has 1 heterocycles. The van der Waals surface area contributed by atoms with E-state index in [9.17, 15) is 13.2 Å². The first-order valence-electron chi connectivity index (χ1n) is 8.68. The molecular weight excluding hydrogens is 394 g/mol. The van der Waals surface area contributed by atoms with Crippen molar-refractivity contribution in [3.05, 3.63) is 82.7 Å². The Kier molecular flexibility index (Phi) is 6.16. The van der Waals surface area contributed by atoms with E-state index in [1.807, 2.05) is 19.1 Å². The van der Waals surface area contributed by atoms with E-state index in [1.54, 1.807) is 53.9 Å². The molecule has 0 aliphatic carbocycles. The second-order valence-electron chi connectivity index (χ2n) is 6.29. The van der Waals surface area contributed by atoms with Crippen LogP contribution in [0.25, 0.3) is 0 Å². The van der Waals surface area contributed by atoms with E-state index in [-0.39, 0.29) is 16.7 Å². The molecule has 0 radical (unpaired) electrons. The van der Waals surface area contributed by atoms with Gasteiger partial charge in [-0.15, -0.1) is 11.3 Å². The van der Waals surface area contributed by atoms with Crippen LogP contribution < -0.4 is 10.1 Å². The van der Waals surface area contributed by atoms with Crippen molar-refractivity contribution in [2.75, 3.05) is 13.7 Å². The maximum atomic E-state index is 13.2. The minimum absolute atomic E-state index is 0.0415. The highest BCUT2D eigenvalue weighted by molar-refractivity contribution is 7.93. The van der Waals surface area contributed by atoms with Gasteiger partial charge in [0.1, 0.15) is 15.2 Å². The molecular formula is C21H21NO4S2. The van der Waals surface area contributed by atoms with Crippen molar-refractivity contribution in [2.24, 2.45) is 0 Å². The molecule has 0 bridgehead atoms. The fourth-order valence-electron chi connectivity index (χ4n) is 2.87. The van der Waals surface area contributed by atoms with E-state index in [4.69, 9.17) is 4.74 Å². The van der Waals surface area contributed by atoms with Gasteiger partial charge in [0.05, 0.1) is 12.7 Å². The Morgan fingerprint density at radius 1 is 1.07 bits per heavy atom. The number of ether oxygens (including phenoxy) is 1. The third kappa shape index (κ3) is 4.26. The molecule has 7 heteroatoms. The Labute approximate surface area is 168 Å². The zero-order chi connectivity index (χ0) is 20.1. The number of hydrogen-bond acceptors (Lipinski definition) is 5. The van der Waals surface area contributed by atoms with Crippen LogP contribution >= 0.6 is 11.3 Å². The summed E-state index contributed by atoms with van der Waals surface area (Å²) in [6.45, 7) is 1.90. The van der Waals surface area contributed by atoms with Gasteiger partial charge < -0.3 is 10.1 Å². The quantitative estimate of drug-likeness (QED) is 0.633. The zero-order valence-corrected chi connectivity index (χ0v) is 17.2. The average molecular weight is 416 g/mol. The second kappa shape index (κ2) is 8.58. The van der Waals surface area contributed by atoms with E-state index >= 15 is 0 Å². The van der Waals surface area contributed by atoms with Gasteiger partial charge in [0.15, 0.2) is 9.84 Å². The van der Waals surface area contributed by atoms with Gasteiger partial charge in [-0.25, -0.2) is 8.42 Å². The minimum Gasteiger partial charge on any atom is -0.496 e. The molecule has 1 aromatic heterocycles. The van der Waals surface area contributed by atoms with Crippen LogP contribution in [0.1, 0.15) is 26.7 Å². The maximum absolute atomic E-state index is 13.2. The average Bonchev–Trinajstić information content (AvgIpc) is 3.25. The molecule has 0 fully saturated rings. The smallest absolute Gasteiger partial charge is 0.255 e. The third-order valence-corrected chi connectivity index (χ3v) is 7.93. The van der Waals surface area contributed by atoms with Gasteiger partial charge in [0, 0.05) is 6.54 Å². The molecule has 0 aliphatic heterocycles. The SMILES string of the molecule is COc1ccccc1C(=O)NC[C@@H](c1ccc(C)cc1)S(=O)(=O)c1cccs1. The van der Waals surface area contributed by atoms with Crippen molar-refractivity contribution in [2.45, 2.75) is 16.4 Å². The molecule has 0 saturated carbocycles. The van der Waals surface area contributed by atoms with Crippen molar-refractivity contribution in [3.63, 3.8) is 0 Å². The molecule has 3 aromatic rings. The number of hydrogen-bond donors (Lipinski definition) is 1. The van der Waals surface area contributed by atoms with Gasteiger partial charge in [-0.05, 0) is 36.1 Å². The Morgan fingerprint density at radius 3 is 2.43 bits per heavy atom. The van der Waals surface area contributed by atoms with E-state index in [0.29, 0.717) is 16.9 Å². The third-order valence-electron chi connectivity index (χ3n) is 4.40. The molecule has 0 spiro atoms. The van der Waals surface area contributed by atoms with Crippen LogP contribution in [0, 0.1) is 6.92 Å². The molecule has 1 atom stereocenters. The number of nitrogens with one attached hydrogen (secondary N) is 1. The summed E-state index contributed by atoms with van der Waals surface area (Å²) in [6.07, 6.45) is 0. The minimum atomic E-state index is -3.64. The summed E-state index contributed by atoms with van der Waals surface area (Å²) in [4.78, 5) is 12.6. The Hall–Kier alpha value is -2.64. The molecule has 0 saturated heterocycles. The number of amides is 1. The monoisotopic (exact) mass is 415 g/mol. The van der Waals surface area contributed by atoms with Crippen LogP contribution in [0.3, 0.4) is 0 Å². The van der Waals surface area contributed by atoms with Crippen LogP contribution in [0.4, 0.5) is 0 Å². The number of carbonyl (C=O) groups is 1. The summed E-state index contributed by atoms with van der Waals surface area (Å²) in [5.41, 5.74) is 2.04. The highest BCUT2D eigenvalue weighted by atomic mass is 32.2. The fourth-order valence-corrected chi connectivity index (χ4v) is 5.73. The van der Waals surface area contributed by atoms with Crippen molar-refractivity contribution < 1.29 is 17.9 Å². The lowest BCUT2D eigenvalue weighted by atomic mass is 10.1. The summed E-state index contributed by atoms with van der Waals surface area (Å²) in [7, 11) is -2.16. The number of benzene rings is 2. The predicted octanol–water partition coefficient (Wildman–Crippen LogP) is 4.01. The number of aryl methyl sites for hydroxylation is 1. The van der Waals surface area contributed by atoms with Crippen molar-refractivity contribution in [1.82, 2.24) is 5.32 Å². The largest absolute Gasteiger partial charge is 0.496 e. The molecule has 28 heavy (non-hydrogen) atoms. The van der Waals surface area contributed by atoms with Crippen LogP contribution in [-0.2, 0) is 9.84 Å². The standard InChI is InChI=1S/C21H21NO4S2/c1-15-9-11-16(12-10-15)19(28(24,25)20-8-5-13-27-20)14-22-21(23)17-6-3-4-7-18(17)26-2/h3-13,19H,14H2,1-2H3,(H,22,23)/t19-/m0/s1. The second-order valence-corrected chi connectivity index (χ2v) is 9.59. The van der Waals surface area contributed by atoms with E-state index in [1.165, 1.54) is 18.4 Å². The highest BCUT2D eigenvalue weighted by Gasteiger charge is 2.30. The van der Waals surface area contributed by atoms with Gasteiger partial charge in [0.25, 0.3) is 5.91 Å². The Bertz CT molecular complexity index is 1040. The number of sulfone groups is 1. The van der Waals surface area contributed by atoms with Gasteiger partial charge in [-0.2, -0.15) is 0 Å². The van der Waals surface area contributed by atoms with Gasteiger partial charge >= 0.3 is 0 Å². The normalized spacial score (nSPS) is 12.4. The summed E-state index contributed by atoms with van der Waals surface area (Å²) in [6, 6.07) is 17.4. The van der Waals surface area contributed by atoms with Crippen LogP contribution in [0.2, 0.25) is 0 Å². The summed E-state index contributed by atoms with van der Waals surface area (Å²) in [5, 5.41) is 3.61. The molecule has 1 amide bonds. The molecule has 0 unspecified atom stereocenters. The molecule has 3 rings (SSSR count). The lowest BCUT2D eigenvalue weighted by Gasteiger charge is -2.19. The Morgan fingerprint density at radius 2 is 1.79 bits per heavy atom. The van der Waals surface area contributed by atoms with Gasteiger partial charge in [0.2, 0.25) is 0 Å². The molecule has 146 valence electrons. The van der Waals surface area contributed by atoms with Crippen molar-refractivity contribution in [1.29, 1.82) is 0 Å². The summed E-state index contributed by atoms with van der Waals surface area (Å²) in [5.74, 6) is 0.0592. The van der Waals surface area contributed by atoms with Gasteiger partial charge in [-0.3, -0.25) is 4.79 Å². The van der Waals surface area contributed by atoms with E-state index in [2.05, 4.69) is 5.32 Å². The first-order valence-corrected chi connectivity index (χ1v) is 11.1. The predicted molar refractivity (Wildman–Crippen MR) is 111 cm³/mol. The van der Waals surface area contributed by atoms with Crippen LogP contribution in [0.5, 0.6) is 5.75 Å².